The molecule has 0 aliphatic rings. The van der Waals surface area contributed by atoms with Crippen LogP contribution in [0.1, 0.15) is 15.6 Å². The zero-order chi connectivity index (χ0) is 9.35. The van der Waals surface area contributed by atoms with Crippen LogP contribution < -0.4 is 5.73 Å². The average molecular weight is 196 g/mol. The average Bonchev–Trinajstić information content (AvgIpc) is 2.29. The van der Waals surface area contributed by atoms with Crippen molar-refractivity contribution in [2.75, 3.05) is 0 Å². The molecule has 1 aromatic rings. The summed E-state index contributed by atoms with van der Waals surface area (Å²) >= 11 is 0.985. The largest absolute Gasteiger partial charge is 0.434 e. The lowest BCUT2D eigenvalue weighted by Crippen LogP contribution is -2.07. The fourth-order valence-corrected chi connectivity index (χ4v) is 1.63. The highest BCUT2D eigenvalue weighted by atomic mass is 32.1. The first-order chi connectivity index (χ1) is 5.45. The molecule has 1 heterocycles. The molecule has 0 atom stereocenters. The van der Waals surface area contributed by atoms with Gasteiger partial charge in [0.05, 0.1) is 0 Å². The Morgan fingerprint density at radius 3 is 2.33 bits per heavy atom. The van der Waals surface area contributed by atoms with Gasteiger partial charge in [-0.15, -0.1) is 11.3 Å². The maximum absolute atomic E-state index is 12.1. The Labute approximate surface area is 71.2 Å². The zero-order valence-electron chi connectivity index (χ0n) is 6.27. The fraction of sp³-hybridized carbons (Fsp3) is 0.500. The predicted octanol–water partition coefficient (Wildman–Crippen LogP) is 1.93. The van der Waals surface area contributed by atoms with Gasteiger partial charge in [0.15, 0.2) is 5.69 Å². The van der Waals surface area contributed by atoms with Crippen molar-refractivity contribution in [3.63, 3.8) is 0 Å². The lowest BCUT2D eigenvalue weighted by molar-refractivity contribution is -0.141. The highest BCUT2D eigenvalue weighted by Crippen LogP contribution is 2.33. The number of aromatic nitrogens is 1. The standard InChI is InChI=1S/C6H7F3N2S/c1-3-5(6(7,8)9)11-4(2-10)12-3/h2,10H2,1H3. The van der Waals surface area contributed by atoms with Crippen molar-refractivity contribution in [2.24, 2.45) is 5.73 Å². The van der Waals surface area contributed by atoms with Crippen molar-refractivity contribution in [3.05, 3.63) is 15.6 Å². The third-order valence-electron chi connectivity index (χ3n) is 1.28. The minimum Gasteiger partial charge on any atom is -0.325 e. The first-order valence-electron chi connectivity index (χ1n) is 3.18. The van der Waals surface area contributed by atoms with E-state index in [4.69, 9.17) is 5.73 Å². The number of halogens is 3. The Kier molecular flexibility index (Phi) is 2.39. The summed E-state index contributed by atoms with van der Waals surface area (Å²) in [4.78, 5) is 3.54. The van der Waals surface area contributed by atoms with E-state index in [0.717, 1.165) is 11.3 Å². The van der Waals surface area contributed by atoms with Crippen LogP contribution in [-0.2, 0) is 12.7 Å². The normalized spacial score (nSPS) is 12.1. The Morgan fingerprint density at radius 2 is 2.08 bits per heavy atom. The summed E-state index contributed by atoms with van der Waals surface area (Å²) in [6, 6.07) is 0. The van der Waals surface area contributed by atoms with Gasteiger partial charge in [-0.2, -0.15) is 13.2 Å². The molecule has 0 spiro atoms. The number of nitrogens with zero attached hydrogens (tertiary/aromatic N) is 1. The van der Waals surface area contributed by atoms with E-state index in [1.807, 2.05) is 0 Å². The SMILES string of the molecule is Cc1sc(CN)nc1C(F)(F)F. The van der Waals surface area contributed by atoms with Crippen LogP contribution in [0.25, 0.3) is 0 Å². The van der Waals surface area contributed by atoms with E-state index in [9.17, 15) is 13.2 Å². The van der Waals surface area contributed by atoms with Crippen molar-refractivity contribution < 1.29 is 13.2 Å². The molecule has 0 fully saturated rings. The van der Waals surface area contributed by atoms with Crippen molar-refractivity contribution >= 4 is 11.3 Å². The molecule has 68 valence electrons. The topological polar surface area (TPSA) is 38.9 Å². The Hall–Kier alpha value is -0.620. The van der Waals surface area contributed by atoms with Crippen LogP contribution in [0.4, 0.5) is 13.2 Å². The van der Waals surface area contributed by atoms with Gasteiger partial charge in [0, 0.05) is 11.4 Å². The Balaban J connectivity index is 3.08. The number of hydrogen-bond acceptors (Lipinski definition) is 3. The van der Waals surface area contributed by atoms with Gasteiger partial charge in [-0.25, -0.2) is 4.98 Å². The number of rotatable bonds is 1. The molecule has 1 rings (SSSR count). The molecule has 12 heavy (non-hydrogen) atoms. The smallest absolute Gasteiger partial charge is 0.325 e. The van der Waals surface area contributed by atoms with Gasteiger partial charge in [-0.1, -0.05) is 0 Å². The van der Waals surface area contributed by atoms with Gasteiger partial charge in [0.2, 0.25) is 0 Å². The van der Waals surface area contributed by atoms with Gasteiger partial charge in [0.25, 0.3) is 0 Å². The summed E-state index contributed by atoms with van der Waals surface area (Å²) in [6.07, 6.45) is -4.35. The number of aryl methyl sites for hydroxylation is 1. The summed E-state index contributed by atoms with van der Waals surface area (Å²) in [6.45, 7) is 1.45. The fourth-order valence-electron chi connectivity index (χ4n) is 0.802. The zero-order valence-corrected chi connectivity index (χ0v) is 7.09. The highest BCUT2D eigenvalue weighted by Gasteiger charge is 2.35. The molecular weight excluding hydrogens is 189 g/mol. The highest BCUT2D eigenvalue weighted by molar-refractivity contribution is 7.11. The monoisotopic (exact) mass is 196 g/mol. The van der Waals surface area contributed by atoms with Gasteiger partial charge in [-0.05, 0) is 6.92 Å². The van der Waals surface area contributed by atoms with Crippen LogP contribution in [0.5, 0.6) is 0 Å². The van der Waals surface area contributed by atoms with Crippen LogP contribution >= 0.6 is 11.3 Å². The molecule has 0 saturated heterocycles. The molecule has 0 amide bonds. The predicted molar refractivity (Wildman–Crippen MR) is 39.7 cm³/mol. The second-order valence-corrected chi connectivity index (χ2v) is 3.50. The van der Waals surface area contributed by atoms with Crippen molar-refractivity contribution in [2.45, 2.75) is 19.6 Å². The Bertz CT molecular complexity index is 279. The van der Waals surface area contributed by atoms with E-state index in [1.165, 1.54) is 6.92 Å². The van der Waals surface area contributed by atoms with Crippen LogP contribution in [-0.4, -0.2) is 4.98 Å². The molecule has 0 aliphatic carbocycles. The third kappa shape index (κ3) is 1.75. The number of alkyl halides is 3. The third-order valence-corrected chi connectivity index (χ3v) is 2.28. The summed E-state index contributed by atoms with van der Waals surface area (Å²) in [5.41, 5.74) is 4.34. The number of nitrogens with two attached hydrogens (primary N) is 1. The molecule has 0 saturated carbocycles. The van der Waals surface area contributed by atoms with Crippen molar-refractivity contribution in [1.29, 1.82) is 0 Å². The molecule has 1 aromatic heterocycles. The summed E-state index contributed by atoms with van der Waals surface area (Å²) in [5, 5.41) is 0.319. The van der Waals surface area contributed by atoms with E-state index in [2.05, 4.69) is 4.98 Å². The first-order valence-corrected chi connectivity index (χ1v) is 4.00. The summed E-state index contributed by atoms with van der Waals surface area (Å²) < 4.78 is 36.3. The molecule has 2 nitrogen and oxygen atoms in total. The lowest BCUT2D eigenvalue weighted by atomic mass is 10.4. The molecule has 0 radical (unpaired) electrons. The summed E-state index contributed by atoms with van der Waals surface area (Å²) in [5.74, 6) is 0. The van der Waals surface area contributed by atoms with E-state index >= 15 is 0 Å². The summed E-state index contributed by atoms with van der Waals surface area (Å²) in [7, 11) is 0. The molecule has 0 aromatic carbocycles. The lowest BCUT2D eigenvalue weighted by Gasteiger charge is -2.01. The number of thiazole rings is 1. The van der Waals surface area contributed by atoms with E-state index in [1.54, 1.807) is 0 Å². The Morgan fingerprint density at radius 1 is 1.50 bits per heavy atom. The maximum Gasteiger partial charge on any atom is 0.434 e. The second kappa shape index (κ2) is 3.02. The first kappa shape index (κ1) is 9.47. The van der Waals surface area contributed by atoms with E-state index in [0.29, 0.717) is 5.01 Å². The minimum absolute atomic E-state index is 0.0571. The van der Waals surface area contributed by atoms with Crippen LogP contribution in [0, 0.1) is 6.92 Å². The molecular formula is C6H7F3N2S. The quantitative estimate of drug-likeness (QED) is 0.745. The van der Waals surface area contributed by atoms with Crippen molar-refractivity contribution in [3.8, 4) is 0 Å². The van der Waals surface area contributed by atoms with Gasteiger partial charge in [-0.3, -0.25) is 0 Å². The molecule has 0 aliphatic heterocycles. The minimum atomic E-state index is -4.35. The van der Waals surface area contributed by atoms with E-state index in [-0.39, 0.29) is 11.4 Å². The molecule has 0 unspecified atom stereocenters. The second-order valence-electron chi connectivity index (χ2n) is 2.21. The number of hydrogen-bond donors (Lipinski definition) is 1. The van der Waals surface area contributed by atoms with Gasteiger partial charge >= 0.3 is 6.18 Å². The van der Waals surface area contributed by atoms with Crippen LogP contribution in [0.3, 0.4) is 0 Å². The maximum atomic E-state index is 12.1. The molecule has 6 heteroatoms. The van der Waals surface area contributed by atoms with Gasteiger partial charge < -0.3 is 5.73 Å². The van der Waals surface area contributed by atoms with Crippen molar-refractivity contribution in [1.82, 2.24) is 4.98 Å². The van der Waals surface area contributed by atoms with Gasteiger partial charge in [0.1, 0.15) is 5.01 Å². The van der Waals surface area contributed by atoms with Crippen LogP contribution in [0.2, 0.25) is 0 Å². The molecule has 2 N–H and O–H groups in total. The molecule has 0 bridgehead atoms. The van der Waals surface area contributed by atoms with E-state index < -0.39 is 11.9 Å². The van der Waals surface area contributed by atoms with Crippen LogP contribution in [0.15, 0.2) is 0 Å².